The summed E-state index contributed by atoms with van der Waals surface area (Å²) in [7, 11) is 4.41. The van der Waals surface area contributed by atoms with Crippen LogP contribution in [0.15, 0.2) is 48.7 Å². The Labute approximate surface area is 150 Å². The van der Waals surface area contributed by atoms with E-state index >= 15 is 0 Å². The Hall–Kier alpha value is -3.55. The number of carbonyl (C=O) groups is 1. The summed E-state index contributed by atoms with van der Waals surface area (Å²) in [6.45, 7) is 0. The standard InChI is InChI=1S/C18H18N2O6/c1-24-16-7-4-12(10-18(16)26-3)15(21)8-9-19-14-6-5-13(20(22)23)11-17(14)25-2/h4-11,19H,1-3H3. The van der Waals surface area contributed by atoms with Crippen molar-refractivity contribution >= 4 is 17.2 Å². The Morgan fingerprint density at radius 1 is 1.00 bits per heavy atom. The lowest BCUT2D eigenvalue weighted by atomic mass is 10.1. The maximum atomic E-state index is 12.3. The van der Waals surface area contributed by atoms with E-state index in [9.17, 15) is 14.9 Å². The number of carbonyl (C=O) groups excluding carboxylic acids is 1. The smallest absolute Gasteiger partial charge is 0.273 e. The molecule has 2 aromatic rings. The van der Waals surface area contributed by atoms with E-state index in [-0.39, 0.29) is 11.5 Å². The third-order valence-corrected chi connectivity index (χ3v) is 3.54. The number of nitrogens with one attached hydrogen (secondary N) is 1. The molecule has 0 saturated heterocycles. The van der Waals surface area contributed by atoms with Crippen LogP contribution in [0.3, 0.4) is 0 Å². The monoisotopic (exact) mass is 358 g/mol. The summed E-state index contributed by atoms with van der Waals surface area (Å²) in [5.74, 6) is 1.03. The number of rotatable bonds is 8. The first kappa shape index (κ1) is 18.8. The molecule has 0 aromatic heterocycles. The number of non-ortho nitro benzene ring substituents is 1. The molecule has 1 N–H and O–H groups in total. The Balaban J connectivity index is 2.13. The highest BCUT2D eigenvalue weighted by atomic mass is 16.6. The first-order valence-electron chi connectivity index (χ1n) is 7.52. The number of methoxy groups -OCH3 is 3. The molecule has 136 valence electrons. The number of benzene rings is 2. The molecule has 2 rings (SSSR count). The molecule has 0 heterocycles. The van der Waals surface area contributed by atoms with E-state index in [2.05, 4.69) is 5.32 Å². The molecule has 0 amide bonds. The number of ketones is 1. The predicted molar refractivity (Wildman–Crippen MR) is 96.3 cm³/mol. The predicted octanol–water partition coefficient (Wildman–Crippen LogP) is 3.43. The van der Waals surface area contributed by atoms with E-state index in [0.717, 1.165) is 0 Å². The minimum atomic E-state index is -0.511. The van der Waals surface area contributed by atoms with Gasteiger partial charge in [-0.3, -0.25) is 14.9 Å². The van der Waals surface area contributed by atoms with Crippen molar-refractivity contribution < 1.29 is 23.9 Å². The van der Waals surface area contributed by atoms with Crippen molar-refractivity contribution in [1.29, 1.82) is 0 Å². The van der Waals surface area contributed by atoms with Crippen LogP contribution >= 0.6 is 0 Å². The molecule has 0 radical (unpaired) electrons. The Morgan fingerprint density at radius 2 is 1.69 bits per heavy atom. The van der Waals surface area contributed by atoms with E-state index in [1.807, 2.05) is 0 Å². The quantitative estimate of drug-likeness (QED) is 0.334. The first-order valence-corrected chi connectivity index (χ1v) is 7.52. The van der Waals surface area contributed by atoms with Crippen molar-refractivity contribution in [3.05, 3.63) is 64.4 Å². The summed E-state index contributed by atoms with van der Waals surface area (Å²) in [6.07, 6.45) is 2.77. The highest BCUT2D eigenvalue weighted by molar-refractivity contribution is 6.05. The molecule has 0 aliphatic rings. The number of nitrogens with zero attached hydrogens (tertiary/aromatic N) is 1. The van der Waals surface area contributed by atoms with Gasteiger partial charge in [-0.25, -0.2) is 0 Å². The number of anilines is 1. The van der Waals surface area contributed by atoms with Gasteiger partial charge in [0.25, 0.3) is 5.69 Å². The molecule has 26 heavy (non-hydrogen) atoms. The molecule has 0 fully saturated rings. The van der Waals surface area contributed by atoms with Gasteiger partial charge in [-0.2, -0.15) is 0 Å². The summed E-state index contributed by atoms with van der Waals surface area (Å²) in [5.41, 5.74) is 0.837. The van der Waals surface area contributed by atoms with Crippen LogP contribution in [0.25, 0.3) is 0 Å². The molecule has 0 aliphatic heterocycles. The van der Waals surface area contributed by atoms with Crippen molar-refractivity contribution in [2.75, 3.05) is 26.6 Å². The van der Waals surface area contributed by atoms with Gasteiger partial charge in [0, 0.05) is 23.9 Å². The van der Waals surface area contributed by atoms with Crippen molar-refractivity contribution in [3.63, 3.8) is 0 Å². The van der Waals surface area contributed by atoms with Gasteiger partial charge in [-0.05, 0) is 24.3 Å². The summed E-state index contributed by atoms with van der Waals surface area (Å²) in [4.78, 5) is 22.5. The minimum absolute atomic E-state index is 0.0854. The van der Waals surface area contributed by atoms with Gasteiger partial charge in [0.2, 0.25) is 0 Å². The zero-order valence-electron chi connectivity index (χ0n) is 14.5. The fourth-order valence-electron chi connectivity index (χ4n) is 2.21. The van der Waals surface area contributed by atoms with Crippen molar-refractivity contribution in [1.82, 2.24) is 0 Å². The van der Waals surface area contributed by atoms with E-state index in [1.165, 1.54) is 51.8 Å². The number of ether oxygens (including phenoxy) is 3. The molecule has 0 spiro atoms. The number of hydrogen-bond donors (Lipinski definition) is 1. The van der Waals surface area contributed by atoms with Crippen LogP contribution in [0, 0.1) is 10.1 Å². The number of allylic oxidation sites excluding steroid dienone is 1. The fraction of sp³-hybridized carbons (Fsp3) is 0.167. The molecule has 0 aliphatic carbocycles. The Bertz CT molecular complexity index is 848. The maximum absolute atomic E-state index is 12.3. The highest BCUT2D eigenvalue weighted by Gasteiger charge is 2.11. The zero-order valence-corrected chi connectivity index (χ0v) is 14.5. The second kappa shape index (κ2) is 8.52. The fourth-order valence-corrected chi connectivity index (χ4v) is 2.21. The number of hydrogen-bond acceptors (Lipinski definition) is 7. The topological polar surface area (TPSA) is 99.9 Å². The summed E-state index contributed by atoms with van der Waals surface area (Å²) < 4.78 is 15.4. The maximum Gasteiger partial charge on any atom is 0.273 e. The van der Waals surface area contributed by atoms with Crippen molar-refractivity contribution in [2.45, 2.75) is 0 Å². The molecular weight excluding hydrogens is 340 g/mol. The number of nitro benzene ring substituents is 1. The van der Waals surface area contributed by atoms with Gasteiger partial charge in [-0.15, -0.1) is 0 Å². The van der Waals surface area contributed by atoms with Crippen LogP contribution in [0.1, 0.15) is 10.4 Å². The molecule has 2 aromatic carbocycles. The Morgan fingerprint density at radius 3 is 2.31 bits per heavy atom. The van der Waals surface area contributed by atoms with Crippen LogP contribution in [-0.2, 0) is 0 Å². The summed E-state index contributed by atoms with van der Waals surface area (Å²) >= 11 is 0. The highest BCUT2D eigenvalue weighted by Crippen LogP contribution is 2.29. The van der Waals surface area contributed by atoms with Crippen LogP contribution < -0.4 is 19.5 Å². The second-order valence-corrected chi connectivity index (χ2v) is 5.05. The first-order chi connectivity index (χ1) is 12.5. The lowest BCUT2D eigenvalue weighted by Gasteiger charge is -2.08. The van der Waals surface area contributed by atoms with Gasteiger partial charge in [0.1, 0.15) is 5.75 Å². The van der Waals surface area contributed by atoms with Crippen LogP contribution in [0.4, 0.5) is 11.4 Å². The molecule has 0 saturated carbocycles. The molecule has 0 atom stereocenters. The van der Waals surface area contributed by atoms with Gasteiger partial charge in [0.15, 0.2) is 17.3 Å². The van der Waals surface area contributed by atoms with E-state index in [0.29, 0.717) is 28.5 Å². The van der Waals surface area contributed by atoms with Crippen molar-refractivity contribution in [3.8, 4) is 17.2 Å². The Kier molecular flexibility index (Phi) is 6.15. The van der Waals surface area contributed by atoms with E-state index in [1.54, 1.807) is 18.2 Å². The third kappa shape index (κ3) is 4.29. The molecule has 8 heteroatoms. The van der Waals surface area contributed by atoms with Gasteiger partial charge >= 0.3 is 0 Å². The molecule has 0 bridgehead atoms. The summed E-state index contributed by atoms with van der Waals surface area (Å²) in [6, 6.07) is 8.99. The van der Waals surface area contributed by atoms with E-state index in [4.69, 9.17) is 14.2 Å². The molecule has 8 nitrogen and oxygen atoms in total. The lowest BCUT2D eigenvalue weighted by Crippen LogP contribution is -1.99. The second-order valence-electron chi connectivity index (χ2n) is 5.05. The van der Waals surface area contributed by atoms with E-state index < -0.39 is 4.92 Å². The van der Waals surface area contributed by atoms with Gasteiger partial charge in [-0.1, -0.05) is 0 Å². The normalized spacial score (nSPS) is 10.4. The van der Waals surface area contributed by atoms with Crippen LogP contribution in [0.5, 0.6) is 17.2 Å². The largest absolute Gasteiger partial charge is 0.494 e. The molecular formula is C18H18N2O6. The van der Waals surface area contributed by atoms with Crippen LogP contribution in [-0.4, -0.2) is 32.0 Å². The average molecular weight is 358 g/mol. The minimum Gasteiger partial charge on any atom is -0.494 e. The lowest BCUT2D eigenvalue weighted by molar-refractivity contribution is -0.384. The summed E-state index contributed by atoms with van der Waals surface area (Å²) in [5, 5.41) is 13.7. The molecule has 0 unspecified atom stereocenters. The van der Waals surface area contributed by atoms with Gasteiger partial charge in [0.05, 0.1) is 38.0 Å². The van der Waals surface area contributed by atoms with Crippen LogP contribution in [0.2, 0.25) is 0 Å². The number of nitro groups is 1. The average Bonchev–Trinajstić information content (AvgIpc) is 2.67. The van der Waals surface area contributed by atoms with Gasteiger partial charge < -0.3 is 19.5 Å². The third-order valence-electron chi connectivity index (χ3n) is 3.54. The van der Waals surface area contributed by atoms with Crippen molar-refractivity contribution in [2.24, 2.45) is 0 Å². The zero-order chi connectivity index (χ0) is 19.1. The SMILES string of the molecule is COc1cc([N+](=O)[O-])ccc1NC=CC(=O)c1ccc(OC)c(OC)c1.